The van der Waals surface area contributed by atoms with Gasteiger partial charge in [0.05, 0.1) is 17.2 Å². The van der Waals surface area contributed by atoms with E-state index < -0.39 is 17.2 Å². The summed E-state index contributed by atoms with van der Waals surface area (Å²) in [6.07, 6.45) is 0.398. The van der Waals surface area contributed by atoms with E-state index in [0.29, 0.717) is 6.42 Å². The number of rotatable bonds is 8. The van der Waals surface area contributed by atoms with Crippen LogP contribution >= 0.6 is 11.6 Å². The summed E-state index contributed by atoms with van der Waals surface area (Å²) in [6, 6.07) is 2.87. The van der Waals surface area contributed by atoms with Crippen molar-refractivity contribution in [1.82, 2.24) is 5.32 Å². The zero-order chi connectivity index (χ0) is 20.8. The van der Waals surface area contributed by atoms with Gasteiger partial charge in [-0.2, -0.15) is 0 Å². The lowest BCUT2D eigenvalue weighted by Crippen LogP contribution is -2.43. The summed E-state index contributed by atoms with van der Waals surface area (Å²) in [6.45, 7) is 8.58. The molecule has 0 bridgehead atoms. The van der Waals surface area contributed by atoms with Gasteiger partial charge in [0.2, 0.25) is 0 Å². The smallest absolute Gasteiger partial charge is 0.350 e. The molecule has 7 nitrogen and oxygen atoms in total. The number of benzene rings is 1. The summed E-state index contributed by atoms with van der Waals surface area (Å²) < 4.78 is 16.7. The van der Waals surface area contributed by atoms with Crippen LogP contribution in [0.2, 0.25) is 5.02 Å². The highest BCUT2D eigenvalue weighted by Gasteiger charge is 2.35. The first-order valence-corrected chi connectivity index (χ1v) is 9.01. The first-order valence-electron chi connectivity index (χ1n) is 8.63. The first-order chi connectivity index (χ1) is 12.4. The van der Waals surface area contributed by atoms with Crippen LogP contribution in [0.3, 0.4) is 0 Å². The number of hydrogen-bond acceptors (Lipinski definition) is 6. The van der Waals surface area contributed by atoms with E-state index in [1.165, 1.54) is 19.2 Å². The van der Waals surface area contributed by atoms with Crippen molar-refractivity contribution in [2.75, 3.05) is 20.3 Å². The Balaban J connectivity index is 3.17. The summed E-state index contributed by atoms with van der Waals surface area (Å²) in [5.41, 5.74) is -1.75. The molecule has 0 heterocycles. The van der Waals surface area contributed by atoms with Crippen LogP contribution < -0.4 is 14.8 Å². The molecule has 0 aliphatic carbocycles. The van der Waals surface area contributed by atoms with Gasteiger partial charge in [-0.15, -0.1) is 0 Å². The molecule has 0 saturated carbocycles. The van der Waals surface area contributed by atoms with Crippen molar-refractivity contribution in [3.63, 3.8) is 0 Å². The molecular weight excluding hydrogens is 374 g/mol. The average Bonchev–Trinajstić information content (AvgIpc) is 2.55. The van der Waals surface area contributed by atoms with Crippen LogP contribution in [0.1, 0.15) is 51.4 Å². The predicted molar refractivity (Wildman–Crippen MR) is 103 cm³/mol. The lowest BCUT2D eigenvalue weighted by Gasteiger charge is -2.29. The summed E-state index contributed by atoms with van der Waals surface area (Å²) in [7, 11) is 1.49. The van der Waals surface area contributed by atoms with Crippen molar-refractivity contribution < 1.29 is 28.9 Å². The molecule has 1 amide bonds. The van der Waals surface area contributed by atoms with Gasteiger partial charge in [0, 0.05) is 26.1 Å². The largest absolute Gasteiger partial charge is 0.493 e. The molecule has 0 aromatic heterocycles. The normalized spacial score (nSPS) is 11.7. The number of esters is 1. The number of ether oxygens (including phenoxy) is 3. The molecule has 1 aromatic rings. The minimum atomic E-state index is -1.31. The minimum Gasteiger partial charge on any atom is -0.493 e. The van der Waals surface area contributed by atoms with Gasteiger partial charge in [-0.3, -0.25) is 4.79 Å². The summed E-state index contributed by atoms with van der Waals surface area (Å²) in [4.78, 5) is 24.5. The molecule has 152 valence electrons. The van der Waals surface area contributed by atoms with E-state index in [2.05, 4.69) is 5.32 Å². The number of nitrogens with one attached hydrogen (secondary N) is 1. The summed E-state index contributed by atoms with van der Waals surface area (Å²) in [5.74, 6) is -0.514. The number of carbonyl (C=O) groups is 2. The van der Waals surface area contributed by atoms with Gasteiger partial charge in [0.15, 0.2) is 5.60 Å². The number of aliphatic hydroxyl groups is 1. The van der Waals surface area contributed by atoms with Crippen molar-refractivity contribution in [2.24, 2.45) is 0 Å². The second-order valence-electron chi connectivity index (χ2n) is 7.40. The lowest BCUT2D eigenvalue weighted by atomic mass is 10.1. The Hall–Kier alpha value is -1.99. The van der Waals surface area contributed by atoms with Gasteiger partial charge in [-0.05, 0) is 40.7 Å². The monoisotopic (exact) mass is 401 g/mol. The molecule has 27 heavy (non-hydrogen) atoms. The Bertz CT molecular complexity index is 682. The Morgan fingerprint density at radius 3 is 2.30 bits per heavy atom. The summed E-state index contributed by atoms with van der Waals surface area (Å²) in [5, 5.41) is 11.6. The van der Waals surface area contributed by atoms with Crippen LogP contribution in [0.5, 0.6) is 11.5 Å². The summed E-state index contributed by atoms with van der Waals surface area (Å²) >= 11 is 6.25. The second kappa shape index (κ2) is 9.28. The molecule has 2 N–H and O–H groups in total. The number of hydrogen-bond donors (Lipinski definition) is 2. The van der Waals surface area contributed by atoms with Crippen LogP contribution in [-0.4, -0.2) is 48.4 Å². The van der Waals surface area contributed by atoms with Crippen LogP contribution in [0.25, 0.3) is 0 Å². The second-order valence-corrected chi connectivity index (χ2v) is 7.81. The van der Waals surface area contributed by atoms with Crippen LogP contribution in [0.4, 0.5) is 0 Å². The fraction of sp³-hybridized carbons (Fsp3) is 0.579. The molecule has 1 rings (SSSR count). The molecular formula is C19H28ClNO6. The van der Waals surface area contributed by atoms with Crippen molar-refractivity contribution in [3.05, 3.63) is 22.7 Å². The van der Waals surface area contributed by atoms with E-state index in [-0.39, 0.29) is 41.2 Å². The van der Waals surface area contributed by atoms with Gasteiger partial charge in [-0.25, -0.2) is 4.79 Å². The maximum Gasteiger partial charge on any atom is 0.350 e. The zero-order valence-corrected chi connectivity index (χ0v) is 17.4. The molecule has 0 fully saturated rings. The van der Waals surface area contributed by atoms with Gasteiger partial charge in [0.1, 0.15) is 17.1 Å². The van der Waals surface area contributed by atoms with Gasteiger partial charge >= 0.3 is 5.97 Å². The van der Waals surface area contributed by atoms with E-state index in [0.717, 1.165) is 0 Å². The Morgan fingerprint density at radius 1 is 1.15 bits per heavy atom. The molecule has 0 atom stereocenters. The molecule has 0 spiro atoms. The molecule has 0 unspecified atom stereocenters. The van der Waals surface area contributed by atoms with Gasteiger partial charge < -0.3 is 24.6 Å². The van der Waals surface area contributed by atoms with Gasteiger partial charge in [-0.1, -0.05) is 11.6 Å². The van der Waals surface area contributed by atoms with E-state index in [4.69, 9.17) is 30.9 Å². The molecule has 8 heteroatoms. The highest BCUT2D eigenvalue weighted by atomic mass is 35.5. The zero-order valence-electron chi connectivity index (χ0n) is 16.6. The maximum atomic E-state index is 12.4. The number of carbonyl (C=O) groups excluding carboxylic acids is 2. The fourth-order valence-corrected chi connectivity index (χ4v) is 2.21. The Morgan fingerprint density at radius 2 is 1.78 bits per heavy atom. The maximum absolute atomic E-state index is 12.4. The minimum absolute atomic E-state index is 0.0437. The van der Waals surface area contributed by atoms with E-state index in [9.17, 15) is 9.59 Å². The van der Waals surface area contributed by atoms with Crippen LogP contribution in [0.15, 0.2) is 12.1 Å². The Kier molecular flexibility index (Phi) is 7.92. The highest BCUT2D eigenvalue weighted by Crippen LogP contribution is 2.35. The van der Waals surface area contributed by atoms with Crippen molar-refractivity contribution in [1.29, 1.82) is 0 Å². The third-order valence-corrected chi connectivity index (χ3v) is 3.62. The van der Waals surface area contributed by atoms with Gasteiger partial charge in [0.25, 0.3) is 5.91 Å². The van der Waals surface area contributed by atoms with E-state index in [1.807, 2.05) is 0 Å². The average molecular weight is 402 g/mol. The topological polar surface area (TPSA) is 94.1 Å². The quantitative estimate of drug-likeness (QED) is 0.513. The lowest BCUT2D eigenvalue weighted by molar-refractivity contribution is -0.170. The van der Waals surface area contributed by atoms with Crippen LogP contribution in [0, 0.1) is 0 Å². The molecule has 0 saturated heterocycles. The standard InChI is InChI=1S/C19H28ClNO6/c1-18(2,3)27-17(24)19(4,5)26-15-11-14(25-9-7-8-22)12(10-13(15)20)16(23)21-6/h10-11,22H,7-9H2,1-6H3,(H,21,23). The van der Waals surface area contributed by atoms with E-state index in [1.54, 1.807) is 34.6 Å². The van der Waals surface area contributed by atoms with Crippen molar-refractivity contribution >= 4 is 23.5 Å². The Labute approximate surface area is 164 Å². The predicted octanol–water partition coefficient (Wildman–Crippen LogP) is 2.96. The molecule has 0 aliphatic rings. The third kappa shape index (κ3) is 6.92. The first kappa shape index (κ1) is 23.0. The molecule has 0 aliphatic heterocycles. The number of halogens is 1. The number of amides is 1. The molecule has 0 radical (unpaired) electrons. The fourth-order valence-electron chi connectivity index (χ4n) is 2.01. The highest BCUT2D eigenvalue weighted by molar-refractivity contribution is 6.32. The molecule has 1 aromatic carbocycles. The van der Waals surface area contributed by atoms with E-state index >= 15 is 0 Å². The number of aliphatic hydroxyl groups excluding tert-OH is 1. The van der Waals surface area contributed by atoms with Crippen molar-refractivity contribution in [3.8, 4) is 11.5 Å². The third-order valence-electron chi connectivity index (χ3n) is 3.32. The van der Waals surface area contributed by atoms with Crippen LogP contribution in [-0.2, 0) is 9.53 Å². The van der Waals surface area contributed by atoms with Crippen molar-refractivity contribution in [2.45, 2.75) is 52.2 Å². The SMILES string of the molecule is CNC(=O)c1cc(Cl)c(OC(C)(C)C(=O)OC(C)(C)C)cc1OCCCO.